The molecule has 0 fully saturated rings. The SMILES string of the molecule is C[C@H](NC(=O)C(Cc1ccc(-c2ccccc2)cc1)C[PH](=O)OC(N)c1ccccc1)C(=O)O. The van der Waals surface area contributed by atoms with Crippen molar-refractivity contribution in [2.45, 2.75) is 25.6 Å². The molecule has 0 saturated heterocycles. The molecule has 7 nitrogen and oxygen atoms in total. The van der Waals surface area contributed by atoms with Crippen molar-refractivity contribution in [3.8, 4) is 11.1 Å². The van der Waals surface area contributed by atoms with Crippen LogP contribution >= 0.6 is 8.03 Å². The molecular weight excluding hydrogens is 451 g/mol. The van der Waals surface area contributed by atoms with Gasteiger partial charge in [-0.3, -0.25) is 14.2 Å². The molecule has 4 atom stereocenters. The maximum Gasteiger partial charge on any atom is 0.325 e. The third-order valence-electron chi connectivity index (χ3n) is 5.44. The van der Waals surface area contributed by atoms with Crippen LogP contribution < -0.4 is 11.1 Å². The van der Waals surface area contributed by atoms with Crippen LogP contribution in [0.1, 0.15) is 24.3 Å². The summed E-state index contributed by atoms with van der Waals surface area (Å²) in [6.45, 7) is 1.39. The number of carboxylic acids is 1. The quantitative estimate of drug-likeness (QED) is 0.279. The Morgan fingerprint density at radius 2 is 1.50 bits per heavy atom. The summed E-state index contributed by atoms with van der Waals surface area (Å²) in [6.07, 6.45) is -0.642. The summed E-state index contributed by atoms with van der Waals surface area (Å²) in [5.74, 6) is -2.37. The lowest BCUT2D eigenvalue weighted by atomic mass is 9.97. The summed E-state index contributed by atoms with van der Waals surface area (Å²) < 4.78 is 18.3. The van der Waals surface area contributed by atoms with E-state index in [0.29, 0.717) is 5.56 Å². The van der Waals surface area contributed by atoms with Gasteiger partial charge in [0.2, 0.25) is 5.91 Å². The van der Waals surface area contributed by atoms with Crippen molar-refractivity contribution in [1.29, 1.82) is 0 Å². The van der Waals surface area contributed by atoms with Crippen molar-refractivity contribution in [1.82, 2.24) is 5.32 Å². The summed E-state index contributed by atoms with van der Waals surface area (Å²) >= 11 is 0. The molecule has 3 aromatic carbocycles. The fourth-order valence-corrected chi connectivity index (χ4v) is 4.75. The summed E-state index contributed by atoms with van der Waals surface area (Å²) in [5.41, 5.74) is 9.68. The number of carboxylic acid groups (broad SMARTS) is 1. The molecule has 0 heterocycles. The number of carbonyl (C=O) groups excluding carboxylic acids is 1. The Bertz CT molecular complexity index is 1110. The van der Waals surface area contributed by atoms with E-state index in [1.54, 1.807) is 24.3 Å². The van der Waals surface area contributed by atoms with Gasteiger partial charge in [0.05, 0.1) is 5.92 Å². The van der Waals surface area contributed by atoms with Gasteiger partial charge in [0.1, 0.15) is 12.3 Å². The van der Waals surface area contributed by atoms with Crippen LogP contribution in [-0.4, -0.2) is 29.2 Å². The Hall–Kier alpha value is -3.25. The standard InChI is InChI=1S/C26H29N2O5P/c1-18(26(30)31)28-25(29)23(17-34(32)33-24(27)22-10-6-3-7-11-22)16-19-12-14-21(15-13-19)20-8-4-2-5-9-20/h2-15,18,23-24,34H,16-17,27H2,1H3,(H,28,29)(H,30,31)/t18-,23?,24?/m0/s1. The lowest BCUT2D eigenvalue weighted by Crippen LogP contribution is -2.43. The third kappa shape index (κ3) is 7.39. The first-order valence-electron chi connectivity index (χ1n) is 11.0. The Balaban J connectivity index is 1.71. The third-order valence-corrected chi connectivity index (χ3v) is 6.79. The molecule has 0 aliphatic rings. The van der Waals surface area contributed by atoms with E-state index >= 15 is 0 Å². The van der Waals surface area contributed by atoms with Crippen molar-refractivity contribution in [3.05, 3.63) is 96.1 Å². The number of amides is 1. The van der Waals surface area contributed by atoms with Crippen molar-refractivity contribution < 1.29 is 23.8 Å². The van der Waals surface area contributed by atoms with Crippen LogP contribution in [0.2, 0.25) is 0 Å². The van der Waals surface area contributed by atoms with Crippen molar-refractivity contribution in [3.63, 3.8) is 0 Å². The predicted octanol–water partition coefficient (Wildman–Crippen LogP) is 4.25. The summed E-state index contributed by atoms with van der Waals surface area (Å²) in [6, 6.07) is 25.6. The van der Waals surface area contributed by atoms with Crippen LogP contribution in [0.5, 0.6) is 0 Å². The molecule has 0 aliphatic heterocycles. The topological polar surface area (TPSA) is 119 Å². The van der Waals surface area contributed by atoms with Crippen LogP contribution in [0.3, 0.4) is 0 Å². The zero-order valence-electron chi connectivity index (χ0n) is 18.9. The largest absolute Gasteiger partial charge is 0.480 e. The van der Waals surface area contributed by atoms with E-state index in [1.807, 2.05) is 60.7 Å². The monoisotopic (exact) mass is 480 g/mol. The van der Waals surface area contributed by atoms with Gasteiger partial charge in [-0.25, -0.2) is 0 Å². The molecular formula is C26H29N2O5P. The lowest BCUT2D eigenvalue weighted by molar-refractivity contribution is -0.141. The van der Waals surface area contributed by atoms with E-state index in [0.717, 1.165) is 16.7 Å². The number of benzene rings is 3. The zero-order chi connectivity index (χ0) is 24.5. The van der Waals surface area contributed by atoms with Gasteiger partial charge in [-0.05, 0) is 35.6 Å². The number of nitrogens with two attached hydrogens (primary N) is 1. The van der Waals surface area contributed by atoms with E-state index in [-0.39, 0.29) is 12.6 Å². The molecule has 0 radical (unpaired) electrons. The minimum atomic E-state index is -2.69. The second kappa shape index (κ2) is 12.3. The minimum absolute atomic E-state index is 0.0518. The molecule has 178 valence electrons. The second-order valence-electron chi connectivity index (χ2n) is 8.06. The molecule has 3 aromatic rings. The van der Waals surface area contributed by atoms with Gasteiger partial charge < -0.3 is 20.7 Å². The highest BCUT2D eigenvalue weighted by atomic mass is 31.1. The fourth-order valence-electron chi connectivity index (χ4n) is 3.50. The van der Waals surface area contributed by atoms with Crippen molar-refractivity contribution in [2.75, 3.05) is 6.16 Å². The highest BCUT2D eigenvalue weighted by Crippen LogP contribution is 2.33. The van der Waals surface area contributed by atoms with E-state index < -0.39 is 38.1 Å². The van der Waals surface area contributed by atoms with E-state index in [4.69, 9.17) is 15.4 Å². The molecule has 0 spiro atoms. The summed E-state index contributed by atoms with van der Waals surface area (Å²) in [5, 5.41) is 11.6. The van der Waals surface area contributed by atoms with Gasteiger partial charge in [-0.2, -0.15) is 0 Å². The molecule has 0 aliphatic carbocycles. The average molecular weight is 481 g/mol. The molecule has 3 unspecified atom stereocenters. The molecule has 8 heteroatoms. The van der Waals surface area contributed by atoms with Gasteiger partial charge in [-0.15, -0.1) is 0 Å². The number of carbonyl (C=O) groups is 2. The Morgan fingerprint density at radius 3 is 2.09 bits per heavy atom. The van der Waals surface area contributed by atoms with E-state index in [2.05, 4.69) is 5.32 Å². The van der Waals surface area contributed by atoms with Gasteiger partial charge in [0.15, 0.2) is 8.03 Å². The molecule has 4 N–H and O–H groups in total. The zero-order valence-corrected chi connectivity index (χ0v) is 19.9. The highest BCUT2D eigenvalue weighted by molar-refractivity contribution is 7.39. The minimum Gasteiger partial charge on any atom is -0.480 e. The predicted molar refractivity (Wildman–Crippen MR) is 133 cm³/mol. The number of hydrogen-bond acceptors (Lipinski definition) is 5. The van der Waals surface area contributed by atoms with Gasteiger partial charge >= 0.3 is 5.97 Å². The second-order valence-corrected chi connectivity index (χ2v) is 9.45. The van der Waals surface area contributed by atoms with Crippen molar-refractivity contribution in [2.24, 2.45) is 11.7 Å². The van der Waals surface area contributed by atoms with Crippen LogP contribution in [0.15, 0.2) is 84.9 Å². The smallest absolute Gasteiger partial charge is 0.325 e. The van der Waals surface area contributed by atoms with Crippen LogP contribution in [-0.2, 0) is 25.1 Å². The molecule has 1 amide bonds. The van der Waals surface area contributed by atoms with Crippen LogP contribution in [0, 0.1) is 5.92 Å². The Labute approximate surface area is 199 Å². The average Bonchev–Trinajstić information content (AvgIpc) is 2.85. The normalized spacial score (nSPS) is 14.5. The lowest BCUT2D eigenvalue weighted by Gasteiger charge is -2.20. The van der Waals surface area contributed by atoms with E-state index in [9.17, 15) is 14.2 Å². The first-order chi connectivity index (χ1) is 16.3. The maximum absolute atomic E-state index is 12.9. The highest BCUT2D eigenvalue weighted by Gasteiger charge is 2.26. The maximum atomic E-state index is 12.9. The fraction of sp³-hybridized carbons (Fsp3) is 0.231. The molecule has 0 saturated carbocycles. The van der Waals surface area contributed by atoms with Gasteiger partial charge in [-0.1, -0.05) is 84.9 Å². The number of rotatable bonds is 11. The number of nitrogens with one attached hydrogen (secondary N) is 1. The Morgan fingerprint density at radius 1 is 0.941 bits per heavy atom. The number of hydrogen-bond donors (Lipinski definition) is 3. The van der Waals surface area contributed by atoms with Crippen LogP contribution in [0.25, 0.3) is 11.1 Å². The van der Waals surface area contributed by atoms with Crippen LogP contribution in [0.4, 0.5) is 0 Å². The van der Waals surface area contributed by atoms with Gasteiger partial charge in [0.25, 0.3) is 0 Å². The molecule has 3 rings (SSSR count). The first kappa shape index (κ1) is 25.4. The summed E-state index contributed by atoms with van der Waals surface area (Å²) in [4.78, 5) is 24.1. The first-order valence-corrected chi connectivity index (χ1v) is 12.5. The van der Waals surface area contributed by atoms with Gasteiger partial charge in [0, 0.05) is 6.16 Å². The van der Waals surface area contributed by atoms with E-state index in [1.165, 1.54) is 6.92 Å². The molecule has 0 bridgehead atoms. The number of aliphatic carboxylic acids is 1. The molecule has 34 heavy (non-hydrogen) atoms. The summed E-state index contributed by atoms with van der Waals surface area (Å²) in [7, 11) is -2.69. The molecule has 0 aromatic heterocycles. The van der Waals surface area contributed by atoms with Crippen molar-refractivity contribution >= 4 is 19.9 Å². The Kier molecular flexibility index (Phi) is 9.16.